The zero-order chi connectivity index (χ0) is 15.5. The third-order valence-electron chi connectivity index (χ3n) is 3.84. The van der Waals surface area contributed by atoms with Gasteiger partial charge in [0.15, 0.2) is 5.15 Å². The summed E-state index contributed by atoms with van der Waals surface area (Å²) in [6.45, 7) is 3.38. The van der Waals surface area contributed by atoms with Crippen molar-refractivity contribution in [1.82, 2.24) is 20.0 Å². The minimum Gasteiger partial charge on any atom is -0.360 e. The number of hydrogen-bond donors (Lipinski definition) is 0. The van der Waals surface area contributed by atoms with E-state index in [-0.39, 0.29) is 11.8 Å². The molecular weight excluding hydrogens is 304 g/mol. The number of amides is 1. The van der Waals surface area contributed by atoms with Crippen LogP contribution in [0.5, 0.6) is 0 Å². The van der Waals surface area contributed by atoms with Crippen molar-refractivity contribution < 1.29 is 9.32 Å². The maximum Gasteiger partial charge on any atom is 0.223 e. The highest BCUT2D eigenvalue weighted by atomic mass is 35.5. The van der Waals surface area contributed by atoms with Crippen molar-refractivity contribution in [3.8, 4) is 0 Å². The van der Waals surface area contributed by atoms with Crippen LogP contribution in [-0.4, -0.2) is 39.0 Å². The Bertz CT molecular complexity index is 673. The van der Waals surface area contributed by atoms with E-state index in [4.69, 9.17) is 16.1 Å². The van der Waals surface area contributed by atoms with Gasteiger partial charge in [-0.2, -0.15) is 0 Å². The quantitative estimate of drug-likeness (QED) is 0.864. The van der Waals surface area contributed by atoms with Crippen LogP contribution in [0.3, 0.4) is 0 Å². The van der Waals surface area contributed by atoms with Gasteiger partial charge in [-0.15, -0.1) is 0 Å². The number of carbonyl (C=O) groups is 1. The van der Waals surface area contributed by atoms with Crippen molar-refractivity contribution >= 4 is 17.5 Å². The molecule has 6 nitrogen and oxygen atoms in total. The Labute approximate surface area is 133 Å². The Kier molecular flexibility index (Phi) is 4.38. The van der Waals surface area contributed by atoms with E-state index in [1.807, 2.05) is 17.9 Å². The highest BCUT2D eigenvalue weighted by Crippen LogP contribution is 2.25. The van der Waals surface area contributed by atoms with Crippen LogP contribution >= 0.6 is 11.6 Å². The third kappa shape index (κ3) is 3.44. The molecule has 3 heterocycles. The molecule has 0 bridgehead atoms. The fourth-order valence-corrected chi connectivity index (χ4v) is 2.81. The minimum atomic E-state index is 0.114. The number of aromatic nitrogens is 3. The van der Waals surface area contributed by atoms with Crippen molar-refractivity contribution in [3.63, 3.8) is 0 Å². The molecule has 1 aliphatic heterocycles. The summed E-state index contributed by atoms with van der Waals surface area (Å²) >= 11 is 5.69. The van der Waals surface area contributed by atoms with Crippen LogP contribution in [-0.2, 0) is 11.2 Å². The molecule has 22 heavy (non-hydrogen) atoms. The predicted molar refractivity (Wildman–Crippen MR) is 80.5 cm³/mol. The van der Waals surface area contributed by atoms with Gasteiger partial charge in [0.05, 0.1) is 0 Å². The normalized spacial score (nSPS) is 17.9. The van der Waals surface area contributed by atoms with Gasteiger partial charge in [0.1, 0.15) is 11.6 Å². The van der Waals surface area contributed by atoms with Crippen molar-refractivity contribution in [3.05, 3.63) is 40.8 Å². The van der Waals surface area contributed by atoms with Crippen molar-refractivity contribution in [1.29, 1.82) is 0 Å². The van der Waals surface area contributed by atoms with Gasteiger partial charge >= 0.3 is 0 Å². The molecule has 3 rings (SSSR count). The molecule has 7 heteroatoms. The maximum atomic E-state index is 12.3. The Morgan fingerprint density at radius 2 is 2.41 bits per heavy atom. The average Bonchev–Trinajstić information content (AvgIpc) is 3.14. The second-order valence-corrected chi connectivity index (χ2v) is 5.88. The van der Waals surface area contributed by atoms with Crippen molar-refractivity contribution in [2.24, 2.45) is 0 Å². The fraction of sp³-hybridized carbons (Fsp3) is 0.467. The van der Waals surface area contributed by atoms with Gasteiger partial charge in [-0.25, -0.2) is 9.97 Å². The molecule has 1 unspecified atom stereocenters. The summed E-state index contributed by atoms with van der Waals surface area (Å²) in [6.07, 6.45) is 3.59. The van der Waals surface area contributed by atoms with E-state index in [0.717, 1.165) is 24.5 Å². The van der Waals surface area contributed by atoms with E-state index < -0.39 is 0 Å². The molecule has 0 spiro atoms. The Hall–Kier alpha value is -1.95. The van der Waals surface area contributed by atoms with Gasteiger partial charge in [-0.1, -0.05) is 16.8 Å². The molecule has 1 saturated heterocycles. The fourth-order valence-electron chi connectivity index (χ4n) is 2.66. The summed E-state index contributed by atoms with van der Waals surface area (Å²) in [6, 6.07) is 3.52. The molecule has 2 aromatic heterocycles. The van der Waals surface area contributed by atoms with Gasteiger partial charge in [0.25, 0.3) is 0 Å². The summed E-state index contributed by atoms with van der Waals surface area (Å²) in [5.74, 6) is 1.81. The standard InChI is InChI=1S/C15H17ClN4O2/c1-10-4-6-17-15(18-10)11-5-7-20(9-11)14(21)3-2-12-8-13(16)19-22-12/h4,6,8,11H,2-3,5,7,9H2,1H3. The van der Waals surface area contributed by atoms with Crippen molar-refractivity contribution in [2.75, 3.05) is 13.1 Å². The van der Waals surface area contributed by atoms with Crippen molar-refractivity contribution in [2.45, 2.75) is 32.1 Å². The van der Waals surface area contributed by atoms with Crippen LogP contribution in [0.25, 0.3) is 0 Å². The monoisotopic (exact) mass is 320 g/mol. The second kappa shape index (κ2) is 6.44. The number of rotatable bonds is 4. The number of nitrogens with zero attached hydrogens (tertiary/aromatic N) is 4. The van der Waals surface area contributed by atoms with E-state index in [1.54, 1.807) is 12.3 Å². The third-order valence-corrected chi connectivity index (χ3v) is 4.01. The molecule has 0 saturated carbocycles. The van der Waals surface area contributed by atoms with E-state index in [0.29, 0.717) is 30.3 Å². The van der Waals surface area contributed by atoms with E-state index in [1.165, 1.54) is 0 Å². The molecule has 1 amide bonds. The van der Waals surface area contributed by atoms with E-state index in [2.05, 4.69) is 15.1 Å². The first-order valence-corrected chi connectivity index (χ1v) is 7.68. The summed E-state index contributed by atoms with van der Waals surface area (Å²) in [5, 5.41) is 3.92. The molecule has 0 radical (unpaired) electrons. The number of aryl methyl sites for hydroxylation is 2. The summed E-state index contributed by atoms with van der Waals surface area (Å²) in [5.41, 5.74) is 0.956. The van der Waals surface area contributed by atoms with Crippen LogP contribution in [0, 0.1) is 6.92 Å². The van der Waals surface area contributed by atoms with E-state index >= 15 is 0 Å². The summed E-state index contributed by atoms with van der Waals surface area (Å²) < 4.78 is 5.01. The molecule has 1 aliphatic rings. The lowest BCUT2D eigenvalue weighted by Gasteiger charge is -2.15. The molecule has 1 fully saturated rings. The Morgan fingerprint density at radius 3 is 3.14 bits per heavy atom. The van der Waals surface area contributed by atoms with Crippen LogP contribution in [0.4, 0.5) is 0 Å². The predicted octanol–water partition coefficient (Wildman–Crippen LogP) is 2.38. The maximum absolute atomic E-state index is 12.3. The lowest BCUT2D eigenvalue weighted by atomic mass is 10.1. The van der Waals surface area contributed by atoms with Gasteiger partial charge in [-0.3, -0.25) is 4.79 Å². The molecular formula is C15H17ClN4O2. The average molecular weight is 321 g/mol. The van der Waals surface area contributed by atoms with Crippen LogP contribution in [0.15, 0.2) is 22.9 Å². The molecule has 116 valence electrons. The summed E-state index contributed by atoms with van der Waals surface area (Å²) in [7, 11) is 0. The van der Waals surface area contributed by atoms with Gasteiger partial charge < -0.3 is 9.42 Å². The van der Waals surface area contributed by atoms with Crippen LogP contribution in [0.2, 0.25) is 5.15 Å². The van der Waals surface area contributed by atoms with Gasteiger partial charge in [-0.05, 0) is 19.4 Å². The highest BCUT2D eigenvalue weighted by Gasteiger charge is 2.28. The minimum absolute atomic E-state index is 0.114. The van der Waals surface area contributed by atoms with Crippen LogP contribution < -0.4 is 0 Å². The van der Waals surface area contributed by atoms with Crippen LogP contribution in [0.1, 0.15) is 36.0 Å². The Morgan fingerprint density at radius 1 is 1.55 bits per heavy atom. The van der Waals surface area contributed by atoms with Gasteiger partial charge in [0.2, 0.25) is 5.91 Å². The molecule has 0 aliphatic carbocycles. The SMILES string of the molecule is Cc1ccnc(C2CCN(C(=O)CCc3cc(Cl)no3)C2)n1. The molecule has 2 aromatic rings. The summed E-state index contributed by atoms with van der Waals surface area (Å²) in [4.78, 5) is 22.9. The lowest BCUT2D eigenvalue weighted by molar-refractivity contribution is -0.130. The molecule has 0 aromatic carbocycles. The largest absolute Gasteiger partial charge is 0.360 e. The topological polar surface area (TPSA) is 72.1 Å². The Balaban J connectivity index is 1.54. The first-order chi connectivity index (χ1) is 10.6. The second-order valence-electron chi connectivity index (χ2n) is 5.50. The zero-order valence-electron chi connectivity index (χ0n) is 12.3. The number of halogens is 1. The first-order valence-electron chi connectivity index (χ1n) is 7.30. The zero-order valence-corrected chi connectivity index (χ0v) is 13.1. The lowest BCUT2D eigenvalue weighted by Crippen LogP contribution is -2.28. The number of hydrogen-bond acceptors (Lipinski definition) is 5. The number of likely N-dealkylation sites (tertiary alicyclic amines) is 1. The number of carbonyl (C=O) groups excluding carboxylic acids is 1. The molecule has 1 atom stereocenters. The van der Waals surface area contributed by atoms with Gasteiger partial charge in [0, 0.05) is 49.8 Å². The highest BCUT2D eigenvalue weighted by molar-refractivity contribution is 6.29. The smallest absolute Gasteiger partial charge is 0.223 e. The van der Waals surface area contributed by atoms with E-state index in [9.17, 15) is 4.79 Å². The first kappa shape index (κ1) is 15.0. The molecule has 0 N–H and O–H groups in total.